The fourth-order valence-corrected chi connectivity index (χ4v) is 2.48. The van der Waals surface area contributed by atoms with Gasteiger partial charge in [-0.05, 0) is 24.8 Å². The summed E-state index contributed by atoms with van der Waals surface area (Å²) in [5, 5.41) is 7.25. The summed E-state index contributed by atoms with van der Waals surface area (Å²) < 4.78 is 9.41. The lowest BCUT2D eigenvalue weighted by Gasteiger charge is -2.08. The number of urea groups is 1. The van der Waals surface area contributed by atoms with Crippen molar-refractivity contribution in [2.24, 2.45) is 0 Å². The van der Waals surface area contributed by atoms with Gasteiger partial charge in [0, 0.05) is 6.54 Å². The van der Waals surface area contributed by atoms with Gasteiger partial charge in [0.25, 0.3) is 0 Å². The van der Waals surface area contributed by atoms with Gasteiger partial charge in [0.1, 0.15) is 5.00 Å². The summed E-state index contributed by atoms with van der Waals surface area (Å²) in [6, 6.07) is -0.494. The van der Waals surface area contributed by atoms with Crippen molar-refractivity contribution < 1.29 is 23.9 Å². The highest BCUT2D eigenvalue weighted by atomic mass is 32.1. The molecule has 0 saturated carbocycles. The van der Waals surface area contributed by atoms with Crippen molar-refractivity contribution >= 4 is 34.3 Å². The third kappa shape index (κ3) is 5.07. The van der Waals surface area contributed by atoms with Crippen molar-refractivity contribution in [1.82, 2.24) is 5.32 Å². The van der Waals surface area contributed by atoms with E-state index in [2.05, 4.69) is 15.4 Å². The van der Waals surface area contributed by atoms with Gasteiger partial charge in [-0.1, -0.05) is 0 Å². The Balaban J connectivity index is 2.52. The van der Waals surface area contributed by atoms with Crippen LogP contribution in [0.5, 0.6) is 0 Å². The van der Waals surface area contributed by atoms with Gasteiger partial charge in [-0.2, -0.15) is 0 Å². The number of hydrogen-bond donors (Lipinski definition) is 2. The molecular weight excluding hydrogens is 296 g/mol. The number of carbonyl (C=O) groups is 3. The average molecular weight is 314 g/mol. The van der Waals surface area contributed by atoms with Gasteiger partial charge in [0.05, 0.1) is 25.7 Å². The molecule has 0 aliphatic heterocycles. The molecule has 1 aromatic heterocycles. The van der Waals surface area contributed by atoms with Gasteiger partial charge in [0.2, 0.25) is 0 Å². The second-order valence-electron chi connectivity index (χ2n) is 4.05. The molecule has 1 rings (SSSR count). The van der Waals surface area contributed by atoms with Crippen molar-refractivity contribution in [3.05, 3.63) is 16.5 Å². The smallest absolute Gasteiger partial charge is 0.341 e. The van der Waals surface area contributed by atoms with E-state index in [1.807, 2.05) is 0 Å². The van der Waals surface area contributed by atoms with Crippen LogP contribution in [-0.4, -0.2) is 38.2 Å². The summed E-state index contributed by atoms with van der Waals surface area (Å²) >= 11 is 1.23. The predicted octanol–water partition coefficient (Wildman–Crippen LogP) is 1.92. The van der Waals surface area contributed by atoms with Crippen molar-refractivity contribution in [2.45, 2.75) is 20.3 Å². The number of rotatable bonds is 6. The SMILES string of the molecule is CCOC(=O)CCNC(=O)Nc1scc(C)c1C(=O)OC. The largest absolute Gasteiger partial charge is 0.466 e. The van der Waals surface area contributed by atoms with Crippen LogP contribution < -0.4 is 10.6 Å². The Morgan fingerprint density at radius 2 is 2.05 bits per heavy atom. The highest BCUT2D eigenvalue weighted by Gasteiger charge is 2.18. The van der Waals surface area contributed by atoms with E-state index in [0.717, 1.165) is 5.56 Å². The lowest BCUT2D eigenvalue weighted by molar-refractivity contribution is -0.142. The number of thiophene rings is 1. The minimum atomic E-state index is -0.504. The number of hydrogen-bond acceptors (Lipinski definition) is 6. The van der Waals surface area contributed by atoms with E-state index < -0.39 is 12.0 Å². The minimum Gasteiger partial charge on any atom is -0.466 e. The first-order chi connectivity index (χ1) is 9.99. The summed E-state index contributed by atoms with van der Waals surface area (Å²) in [5.74, 6) is -0.879. The Bertz CT molecular complexity index is 527. The summed E-state index contributed by atoms with van der Waals surface area (Å²) in [6.45, 7) is 3.93. The van der Waals surface area contributed by atoms with Crippen LogP contribution in [0.4, 0.5) is 9.80 Å². The summed E-state index contributed by atoms with van der Waals surface area (Å²) in [5.41, 5.74) is 1.07. The van der Waals surface area contributed by atoms with Crippen LogP contribution in [0, 0.1) is 6.92 Å². The third-order valence-electron chi connectivity index (χ3n) is 2.51. The van der Waals surface area contributed by atoms with Crippen molar-refractivity contribution in [3.63, 3.8) is 0 Å². The van der Waals surface area contributed by atoms with Gasteiger partial charge in [-0.25, -0.2) is 9.59 Å². The second kappa shape index (κ2) is 8.25. The average Bonchev–Trinajstić information content (AvgIpc) is 2.79. The lowest BCUT2D eigenvalue weighted by Crippen LogP contribution is -2.31. The van der Waals surface area contributed by atoms with E-state index in [1.54, 1.807) is 19.2 Å². The van der Waals surface area contributed by atoms with Crippen LogP contribution in [0.25, 0.3) is 0 Å². The molecule has 0 aliphatic carbocycles. The van der Waals surface area contributed by atoms with E-state index in [9.17, 15) is 14.4 Å². The predicted molar refractivity (Wildman–Crippen MR) is 78.7 cm³/mol. The van der Waals surface area contributed by atoms with Crippen LogP contribution >= 0.6 is 11.3 Å². The third-order valence-corrected chi connectivity index (χ3v) is 3.52. The molecule has 0 saturated heterocycles. The first-order valence-electron chi connectivity index (χ1n) is 6.36. The van der Waals surface area contributed by atoms with E-state index in [-0.39, 0.29) is 18.9 Å². The fraction of sp³-hybridized carbons (Fsp3) is 0.462. The highest BCUT2D eigenvalue weighted by Crippen LogP contribution is 2.28. The molecule has 7 nitrogen and oxygen atoms in total. The van der Waals surface area contributed by atoms with Crippen LogP contribution in [0.2, 0.25) is 0 Å². The molecular formula is C13H18N2O5S. The molecule has 2 N–H and O–H groups in total. The maximum absolute atomic E-state index is 11.7. The molecule has 0 unspecified atom stereocenters. The molecule has 0 radical (unpaired) electrons. The molecule has 21 heavy (non-hydrogen) atoms. The van der Waals surface area contributed by atoms with Crippen LogP contribution in [0.1, 0.15) is 29.3 Å². The Kier molecular flexibility index (Phi) is 6.67. The van der Waals surface area contributed by atoms with Gasteiger partial charge in [-0.15, -0.1) is 11.3 Å². The quantitative estimate of drug-likeness (QED) is 0.782. The van der Waals surface area contributed by atoms with Crippen LogP contribution in [0.15, 0.2) is 5.38 Å². The van der Waals surface area contributed by atoms with Crippen molar-refractivity contribution in [2.75, 3.05) is 25.6 Å². The number of anilines is 1. The van der Waals surface area contributed by atoms with E-state index in [0.29, 0.717) is 17.2 Å². The van der Waals surface area contributed by atoms with E-state index in [4.69, 9.17) is 4.74 Å². The lowest BCUT2D eigenvalue weighted by atomic mass is 10.2. The minimum absolute atomic E-state index is 0.0919. The zero-order valence-electron chi connectivity index (χ0n) is 12.1. The van der Waals surface area contributed by atoms with Crippen molar-refractivity contribution in [1.29, 1.82) is 0 Å². The highest BCUT2D eigenvalue weighted by molar-refractivity contribution is 7.15. The van der Waals surface area contributed by atoms with Gasteiger partial charge < -0.3 is 14.8 Å². The molecule has 0 bridgehead atoms. The van der Waals surface area contributed by atoms with Gasteiger partial charge in [-0.3, -0.25) is 10.1 Å². The number of amides is 2. The number of aryl methyl sites for hydroxylation is 1. The molecule has 1 aromatic rings. The molecule has 0 spiro atoms. The molecule has 0 aromatic carbocycles. The number of methoxy groups -OCH3 is 1. The van der Waals surface area contributed by atoms with Crippen LogP contribution in [-0.2, 0) is 14.3 Å². The molecule has 1 heterocycles. The molecule has 0 atom stereocenters. The van der Waals surface area contributed by atoms with Crippen molar-refractivity contribution in [3.8, 4) is 0 Å². The van der Waals surface area contributed by atoms with Gasteiger partial charge in [0.15, 0.2) is 0 Å². The normalized spacial score (nSPS) is 9.86. The summed E-state index contributed by atoms with van der Waals surface area (Å²) in [4.78, 5) is 34.4. The molecule has 0 aliphatic rings. The monoisotopic (exact) mass is 314 g/mol. The summed E-state index contributed by atoms with van der Waals surface area (Å²) in [6.07, 6.45) is 0.0919. The van der Waals surface area contributed by atoms with Crippen LogP contribution in [0.3, 0.4) is 0 Å². The molecule has 8 heteroatoms. The van der Waals surface area contributed by atoms with E-state index >= 15 is 0 Å². The molecule has 2 amide bonds. The number of ether oxygens (including phenoxy) is 2. The zero-order chi connectivity index (χ0) is 15.8. The number of carbonyl (C=O) groups excluding carboxylic acids is 3. The second-order valence-corrected chi connectivity index (χ2v) is 4.93. The maximum atomic E-state index is 11.7. The van der Waals surface area contributed by atoms with Gasteiger partial charge >= 0.3 is 18.0 Å². The topological polar surface area (TPSA) is 93.7 Å². The Morgan fingerprint density at radius 1 is 1.33 bits per heavy atom. The summed E-state index contributed by atoms with van der Waals surface area (Å²) in [7, 11) is 1.28. The molecule has 116 valence electrons. The standard InChI is InChI=1S/C13H18N2O5S/c1-4-20-9(16)5-6-14-13(18)15-11-10(12(17)19-3)8(2)7-21-11/h7H,4-6H2,1-3H3,(H2,14,15,18). The molecule has 0 fully saturated rings. The Hall–Kier alpha value is -2.09. The van der Waals surface area contributed by atoms with E-state index in [1.165, 1.54) is 18.4 Å². The number of nitrogens with one attached hydrogen (secondary N) is 2. The Morgan fingerprint density at radius 3 is 2.67 bits per heavy atom. The first kappa shape index (κ1) is 17.0. The first-order valence-corrected chi connectivity index (χ1v) is 7.24. The maximum Gasteiger partial charge on any atom is 0.341 e. The number of esters is 2. The Labute approximate surface area is 126 Å². The zero-order valence-corrected chi connectivity index (χ0v) is 13.0. The fourth-order valence-electron chi connectivity index (χ4n) is 1.55.